The van der Waals surface area contributed by atoms with Crippen LogP contribution in [-0.2, 0) is 4.74 Å². The van der Waals surface area contributed by atoms with E-state index in [2.05, 4.69) is 68.0 Å². The van der Waals surface area contributed by atoms with Crippen LogP contribution in [0.3, 0.4) is 0 Å². The van der Waals surface area contributed by atoms with Gasteiger partial charge in [0.05, 0.1) is 5.76 Å². The summed E-state index contributed by atoms with van der Waals surface area (Å²) in [4.78, 5) is 0. The van der Waals surface area contributed by atoms with Crippen molar-refractivity contribution in [2.24, 2.45) is 16.7 Å². The number of rotatable bonds is 5. The molecule has 0 radical (unpaired) electrons. The maximum atomic E-state index is 6.53. The fraction of sp³-hybridized carbons (Fsp3) is 0.810. The first-order valence-electron chi connectivity index (χ1n) is 8.94. The second kappa shape index (κ2) is 6.81. The SMILES string of the molecule is C=C(OC(C)(C)C1CCCCC1)C(C)(C=C(C)C)C(C)(C)C. The lowest BCUT2D eigenvalue weighted by Crippen LogP contribution is -2.41. The summed E-state index contributed by atoms with van der Waals surface area (Å²) >= 11 is 0. The smallest absolute Gasteiger partial charge is 0.106 e. The molecular weight excluding hydrogens is 268 g/mol. The van der Waals surface area contributed by atoms with Gasteiger partial charge in [-0.1, -0.05) is 58.3 Å². The second-order valence-electron chi connectivity index (χ2n) is 9.14. The summed E-state index contributed by atoms with van der Waals surface area (Å²) in [5.41, 5.74) is 1.11. The summed E-state index contributed by atoms with van der Waals surface area (Å²) in [6, 6.07) is 0. The molecule has 0 spiro atoms. The Bertz CT molecular complexity index is 412. The summed E-state index contributed by atoms with van der Waals surface area (Å²) < 4.78 is 6.53. The second-order valence-corrected chi connectivity index (χ2v) is 9.14. The van der Waals surface area contributed by atoms with Gasteiger partial charge < -0.3 is 4.74 Å². The quantitative estimate of drug-likeness (QED) is 0.397. The van der Waals surface area contributed by atoms with Gasteiger partial charge in [-0.25, -0.2) is 0 Å². The van der Waals surface area contributed by atoms with Crippen molar-refractivity contribution in [2.75, 3.05) is 0 Å². The van der Waals surface area contributed by atoms with Crippen LogP contribution < -0.4 is 0 Å². The van der Waals surface area contributed by atoms with E-state index in [0.717, 1.165) is 5.76 Å². The molecule has 1 aliphatic rings. The largest absolute Gasteiger partial charge is 0.492 e. The zero-order valence-electron chi connectivity index (χ0n) is 16.3. The van der Waals surface area contributed by atoms with E-state index in [1.54, 1.807) is 0 Å². The first-order chi connectivity index (χ1) is 9.90. The summed E-state index contributed by atoms with van der Waals surface area (Å²) in [6.45, 7) is 22.3. The van der Waals surface area contributed by atoms with Crippen LogP contribution in [0.25, 0.3) is 0 Å². The standard InChI is InChI=1S/C21H38O/c1-16(2)15-21(9,19(4,5)6)17(3)22-20(7,8)18-13-11-10-12-14-18/h15,18H,3,10-14H2,1-2,4-9H3. The monoisotopic (exact) mass is 306 g/mol. The van der Waals surface area contributed by atoms with Crippen LogP contribution in [0.2, 0.25) is 0 Å². The average molecular weight is 307 g/mol. The third-order valence-electron chi connectivity index (χ3n) is 5.69. The van der Waals surface area contributed by atoms with Gasteiger partial charge in [-0.2, -0.15) is 0 Å². The maximum Gasteiger partial charge on any atom is 0.106 e. The van der Waals surface area contributed by atoms with Gasteiger partial charge in [0.25, 0.3) is 0 Å². The summed E-state index contributed by atoms with van der Waals surface area (Å²) in [6.07, 6.45) is 8.96. The van der Waals surface area contributed by atoms with Crippen LogP contribution in [0.4, 0.5) is 0 Å². The highest BCUT2D eigenvalue weighted by Gasteiger charge is 2.42. The Morgan fingerprint density at radius 1 is 0.955 bits per heavy atom. The molecule has 1 saturated carbocycles. The number of allylic oxidation sites excluding steroid dienone is 2. The first-order valence-corrected chi connectivity index (χ1v) is 8.94. The van der Waals surface area contributed by atoms with Gasteiger partial charge in [0.1, 0.15) is 5.60 Å². The minimum Gasteiger partial charge on any atom is -0.492 e. The summed E-state index contributed by atoms with van der Waals surface area (Å²) in [7, 11) is 0. The van der Waals surface area contributed by atoms with Gasteiger partial charge in [-0.05, 0) is 58.8 Å². The molecule has 0 aliphatic heterocycles. The van der Waals surface area contributed by atoms with Crippen molar-refractivity contribution in [2.45, 2.75) is 93.1 Å². The molecule has 0 saturated heterocycles. The van der Waals surface area contributed by atoms with E-state index >= 15 is 0 Å². The number of hydrogen-bond acceptors (Lipinski definition) is 1. The van der Waals surface area contributed by atoms with E-state index in [-0.39, 0.29) is 16.4 Å². The van der Waals surface area contributed by atoms with Gasteiger partial charge in [-0.15, -0.1) is 0 Å². The summed E-state index contributed by atoms with van der Waals surface area (Å²) in [5, 5.41) is 0. The zero-order chi connectivity index (χ0) is 17.2. The van der Waals surface area contributed by atoms with E-state index in [1.807, 2.05) is 0 Å². The average Bonchev–Trinajstić information content (AvgIpc) is 2.37. The van der Waals surface area contributed by atoms with E-state index in [4.69, 9.17) is 4.74 Å². The molecule has 0 aromatic heterocycles. The lowest BCUT2D eigenvalue weighted by atomic mass is 9.66. The maximum absolute atomic E-state index is 6.53. The Balaban J connectivity index is 2.98. The van der Waals surface area contributed by atoms with Crippen molar-refractivity contribution in [3.63, 3.8) is 0 Å². The Kier molecular flexibility index (Phi) is 5.98. The van der Waals surface area contributed by atoms with Crippen LogP contribution in [0.15, 0.2) is 24.0 Å². The van der Waals surface area contributed by atoms with Crippen molar-refractivity contribution in [1.29, 1.82) is 0 Å². The van der Waals surface area contributed by atoms with Crippen LogP contribution in [0.1, 0.15) is 87.5 Å². The Labute approximate surface area is 139 Å². The number of hydrogen-bond donors (Lipinski definition) is 0. The van der Waals surface area contributed by atoms with Crippen molar-refractivity contribution >= 4 is 0 Å². The third kappa shape index (κ3) is 4.40. The normalized spacial score (nSPS) is 20.2. The molecule has 0 N–H and O–H groups in total. The van der Waals surface area contributed by atoms with Crippen molar-refractivity contribution < 1.29 is 4.74 Å². The Morgan fingerprint density at radius 3 is 1.86 bits per heavy atom. The first kappa shape index (κ1) is 19.3. The zero-order valence-corrected chi connectivity index (χ0v) is 16.3. The lowest BCUT2D eigenvalue weighted by molar-refractivity contribution is -0.0599. The fourth-order valence-electron chi connectivity index (χ4n) is 3.60. The predicted molar refractivity (Wildman–Crippen MR) is 97.9 cm³/mol. The van der Waals surface area contributed by atoms with Crippen molar-refractivity contribution in [3.05, 3.63) is 24.0 Å². The highest BCUT2D eigenvalue weighted by molar-refractivity contribution is 5.21. The van der Waals surface area contributed by atoms with Gasteiger partial charge in [-0.3, -0.25) is 0 Å². The molecule has 0 heterocycles. The fourth-order valence-corrected chi connectivity index (χ4v) is 3.60. The summed E-state index contributed by atoms with van der Waals surface area (Å²) in [5.74, 6) is 1.56. The molecule has 1 fully saturated rings. The van der Waals surface area contributed by atoms with E-state index in [0.29, 0.717) is 5.92 Å². The topological polar surface area (TPSA) is 9.23 Å². The van der Waals surface area contributed by atoms with Gasteiger partial charge in [0.2, 0.25) is 0 Å². The molecule has 22 heavy (non-hydrogen) atoms. The minimum atomic E-state index is -0.155. The third-order valence-corrected chi connectivity index (χ3v) is 5.69. The molecule has 1 heteroatoms. The molecule has 128 valence electrons. The Hall–Kier alpha value is -0.720. The molecule has 0 aromatic carbocycles. The molecule has 0 amide bonds. The van der Waals surface area contributed by atoms with Crippen LogP contribution in [0.5, 0.6) is 0 Å². The Morgan fingerprint density at radius 2 is 1.45 bits per heavy atom. The van der Waals surface area contributed by atoms with Crippen LogP contribution in [0, 0.1) is 16.7 Å². The molecule has 0 bridgehead atoms. The molecule has 1 aliphatic carbocycles. The number of ether oxygens (including phenoxy) is 1. The molecular formula is C21H38O. The van der Waals surface area contributed by atoms with E-state index in [9.17, 15) is 0 Å². The van der Waals surface area contributed by atoms with Gasteiger partial charge in [0, 0.05) is 5.41 Å². The van der Waals surface area contributed by atoms with Crippen LogP contribution in [-0.4, -0.2) is 5.60 Å². The molecule has 1 unspecified atom stereocenters. The highest BCUT2D eigenvalue weighted by Crippen LogP contribution is 2.48. The van der Waals surface area contributed by atoms with Gasteiger partial charge >= 0.3 is 0 Å². The van der Waals surface area contributed by atoms with Crippen LogP contribution >= 0.6 is 0 Å². The van der Waals surface area contributed by atoms with Crippen molar-refractivity contribution in [1.82, 2.24) is 0 Å². The highest BCUT2D eigenvalue weighted by atomic mass is 16.5. The lowest BCUT2D eigenvalue weighted by Gasteiger charge is -2.46. The van der Waals surface area contributed by atoms with Crippen molar-refractivity contribution in [3.8, 4) is 0 Å². The molecule has 1 rings (SSSR count). The minimum absolute atomic E-state index is 0.0734. The van der Waals surface area contributed by atoms with E-state index in [1.165, 1.54) is 37.7 Å². The predicted octanol–water partition coefficient (Wildman–Crippen LogP) is 6.89. The molecule has 1 nitrogen and oxygen atoms in total. The molecule has 0 aromatic rings. The molecule has 1 atom stereocenters. The van der Waals surface area contributed by atoms with Gasteiger partial charge in [0.15, 0.2) is 0 Å². The van der Waals surface area contributed by atoms with E-state index < -0.39 is 0 Å².